The van der Waals surface area contributed by atoms with Crippen LogP contribution in [-0.4, -0.2) is 42.5 Å². The number of imide groups is 1. The molecule has 2 aromatic rings. The first-order chi connectivity index (χ1) is 15.3. The molecule has 4 amide bonds. The summed E-state index contributed by atoms with van der Waals surface area (Å²) in [5.41, 5.74) is -0.233. The van der Waals surface area contributed by atoms with Gasteiger partial charge in [-0.05, 0) is 42.8 Å². The molecule has 0 bridgehead atoms. The standard InChI is InChI=1S/C22H19ClN4O5/c1-22(14-4-6-17-18(9-14)32-8-2-7-31-17)20(29)27(21(30)26-22)12-19(28)25-15-5-3-13(11-24)16(23)10-15/h3-6,9-10H,2,7-8,12H2,1H3,(H,25,28)(H,26,30). The number of nitriles is 1. The predicted octanol–water partition coefficient (Wildman–Crippen LogP) is 2.78. The van der Waals surface area contributed by atoms with Crippen LogP contribution in [0.3, 0.4) is 0 Å². The lowest BCUT2D eigenvalue weighted by molar-refractivity contribution is -0.133. The molecular weight excluding hydrogens is 436 g/mol. The molecule has 2 aliphatic rings. The van der Waals surface area contributed by atoms with E-state index in [0.29, 0.717) is 36.0 Å². The van der Waals surface area contributed by atoms with Gasteiger partial charge in [-0.15, -0.1) is 0 Å². The van der Waals surface area contributed by atoms with Crippen LogP contribution in [0.25, 0.3) is 0 Å². The lowest BCUT2D eigenvalue weighted by Crippen LogP contribution is -2.42. The maximum atomic E-state index is 13.1. The highest BCUT2D eigenvalue weighted by Gasteiger charge is 2.49. The van der Waals surface area contributed by atoms with Crippen molar-refractivity contribution in [3.63, 3.8) is 0 Å². The Morgan fingerprint density at radius 2 is 1.97 bits per heavy atom. The summed E-state index contributed by atoms with van der Waals surface area (Å²) in [6.07, 6.45) is 0.740. The van der Waals surface area contributed by atoms with Crippen molar-refractivity contribution in [1.29, 1.82) is 5.26 Å². The van der Waals surface area contributed by atoms with Crippen LogP contribution in [0.15, 0.2) is 36.4 Å². The van der Waals surface area contributed by atoms with Crippen LogP contribution in [0.5, 0.6) is 11.5 Å². The first-order valence-corrected chi connectivity index (χ1v) is 10.2. The van der Waals surface area contributed by atoms with Gasteiger partial charge in [-0.25, -0.2) is 4.79 Å². The maximum Gasteiger partial charge on any atom is 0.325 e. The highest BCUT2D eigenvalue weighted by molar-refractivity contribution is 6.32. The van der Waals surface area contributed by atoms with E-state index in [0.717, 1.165) is 11.3 Å². The molecule has 2 heterocycles. The Kier molecular flexibility index (Phi) is 5.63. The van der Waals surface area contributed by atoms with Crippen molar-refractivity contribution < 1.29 is 23.9 Å². The number of anilines is 1. The van der Waals surface area contributed by atoms with Gasteiger partial charge in [0, 0.05) is 12.1 Å². The van der Waals surface area contributed by atoms with Crippen LogP contribution >= 0.6 is 11.6 Å². The van der Waals surface area contributed by atoms with E-state index in [2.05, 4.69) is 10.6 Å². The summed E-state index contributed by atoms with van der Waals surface area (Å²) >= 11 is 5.97. The first-order valence-electron chi connectivity index (χ1n) is 9.85. The number of carbonyl (C=O) groups excluding carboxylic acids is 3. The number of hydrogen-bond donors (Lipinski definition) is 2. The van der Waals surface area contributed by atoms with Crippen LogP contribution in [0.2, 0.25) is 5.02 Å². The van der Waals surface area contributed by atoms with Gasteiger partial charge in [0.05, 0.1) is 23.8 Å². The molecule has 2 N–H and O–H groups in total. The van der Waals surface area contributed by atoms with Gasteiger partial charge in [-0.1, -0.05) is 17.7 Å². The smallest absolute Gasteiger partial charge is 0.325 e. The summed E-state index contributed by atoms with van der Waals surface area (Å²) < 4.78 is 11.3. The molecule has 1 atom stereocenters. The lowest BCUT2D eigenvalue weighted by Gasteiger charge is -2.23. The molecule has 4 rings (SSSR count). The molecule has 0 saturated carbocycles. The number of carbonyl (C=O) groups is 3. The monoisotopic (exact) mass is 454 g/mol. The zero-order valence-electron chi connectivity index (χ0n) is 17.1. The fourth-order valence-electron chi connectivity index (χ4n) is 3.54. The molecule has 1 unspecified atom stereocenters. The van der Waals surface area contributed by atoms with Gasteiger partial charge in [-0.2, -0.15) is 5.26 Å². The van der Waals surface area contributed by atoms with Gasteiger partial charge >= 0.3 is 6.03 Å². The average molecular weight is 455 g/mol. The largest absolute Gasteiger partial charge is 0.490 e. The average Bonchev–Trinajstić information content (AvgIpc) is 2.93. The zero-order valence-corrected chi connectivity index (χ0v) is 17.9. The van der Waals surface area contributed by atoms with E-state index < -0.39 is 29.9 Å². The van der Waals surface area contributed by atoms with Gasteiger partial charge in [-0.3, -0.25) is 14.5 Å². The van der Waals surface area contributed by atoms with Crippen molar-refractivity contribution in [2.75, 3.05) is 25.1 Å². The van der Waals surface area contributed by atoms with Gasteiger partial charge in [0.1, 0.15) is 18.2 Å². The molecule has 0 aliphatic carbocycles. The second-order valence-corrected chi connectivity index (χ2v) is 7.92. The summed E-state index contributed by atoms with van der Waals surface area (Å²) in [6.45, 7) is 2.11. The normalized spacial score (nSPS) is 19.7. The fourth-order valence-corrected chi connectivity index (χ4v) is 3.76. The van der Waals surface area contributed by atoms with Gasteiger partial charge in [0.25, 0.3) is 5.91 Å². The number of halogens is 1. The van der Waals surface area contributed by atoms with Crippen LogP contribution in [0, 0.1) is 11.3 Å². The molecule has 1 saturated heterocycles. The Morgan fingerprint density at radius 3 is 2.69 bits per heavy atom. The minimum absolute atomic E-state index is 0.183. The topological polar surface area (TPSA) is 121 Å². The Labute approximate surface area is 188 Å². The molecule has 164 valence electrons. The number of fused-ring (bicyclic) bond motifs is 1. The van der Waals surface area contributed by atoms with Gasteiger partial charge < -0.3 is 20.1 Å². The van der Waals surface area contributed by atoms with E-state index in [-0.39, 0.29) is 10.6 Å². The van der Waals surface area contributed by atoms with Crippen LogP contribution in [-0.2, 0) is 15.1 Å². The second kappa shape index (κ2) is 8.40. The molecule has 0 aromatic heterocycles. The van der Waals surface area contributed by atoms with Crippen molar-refractivity contribution in [1.82, 2.24) is 10.2 Å². The maximum absolute atomic E-state index is 13.1. The SMILES string of the molecule is CC1(c2ccc3c(c2)OCCCO3)NC(=O)N(CC(=O)Nc2ccc(C#N)c(Cl)c2)C1=O. The minimum atomic E-state index is -1.36. The molecule has 10 heteroatoms. The molecule has 9 nitrogen and oxygen atoms in total. The summed E-state index contributed by atoms with van der Waals surface area (Å²) in [6, 6.07) is 10.7. The van der Waals surface area contributed by atoms with E-state index in [1.807, 2.05) is 6.07 Å². The second-order valence-electron chi connectivity index (χ2n) is 7.51. The Bertz CT molecular complexity index is 1160. The van der Waals surface area contributed by atoms with Crippen molar-refractivity contribution >= 4 is 35.1 Å². The summed E-state index contributed by atoms with van der Waals surface area (Å²) in [5.74, 6) is -0.0803. The third-order valence-electron chi connectivity index (χ3n) is 5.27. The summed E-state index contributed by atoms with van der Waals surface area (Å²) in [5, 5.41) is 14.4. The summed E-state index contributed by atoms with van der Waals surface area (Å²) in [7, 11) is 0. The molecule has 1 fully saturated rings. The number of ether oxygens (including phenoxy) is 2. The fraction of sp³-hybridized carbons (Fsp3) is 0.273. The van der Waals surface area contributed by atoms with Crippen LogP contribution in [0.1, 0.15) is 24.5 Å². The minimum Gasteiger partial charge on any atom is -0.490 e. The third-order valence-corrected chi connectivity index (χ3v) is 5.59. The molecule has 32 heavy (non-hydrogen) atoms. The van der Waals surface area contributed by atoms with E-state index >= 15 is 0 Å². The van der Waals surface area contributed by atoms with Crippen molar-refractivity contribution in [3.8, 4) is 17.6 Å². The number of urea groups is 1. The van der Waals surface area contributed by atoms with Crippen LogP contribution < -0.4 is 20.1 Å². The van der Waals surface area contributed by atoms with Crippen molar-refractivity contribution in [2.24, 2.45) is 0 Å². The molecule has 0 radical (unpaired) electrons. The molecule has 2 aliphatic heterocycles. The summed E-state index contributed by atoms with van der Waals surface area (Å²) in [4.78, 5) is 39.0. The lowest BCUT2D eigenvalue weighted by atomic mass is 9.91. The first kappa shape index (κ1) is 21.5. The van der Waals surface area contributed by atoms with Crippen molar-refractivity contribution in [2.45, 2.75) is 18.9 Å². The van der Waals surface area contributed by atoms with Gasteiger partial charge in [0.2, 0.25) is 5.91 Å². The van der Waals surface area contributed by atoms with E-state index in [9.17, 15) is 14.4 Å². The Morgan fingerprint density at radius 1 is 1.22 bits per heavy atom. The zero-order chi connectivity index (χ0) is 22.9. The number of rotatable bonds is 4. The Hall–Kier alpha value is -3.77. The number of benzene rings is 2. The van der Waals surface area contributed by atoms with E-state index in [1.54, 1.807) is 25.1 Å². The molecule has 2 aromatic carbocycles. The molecule has 0 spiro atoms. The highest BCUT2D eigenvalue weighted by atomic mass is 35.5. The van der Waals surface area contributed by atoms with Crippen LogP contribution in [0.4, 0.5) is 10.5 Å². The molecular formula is C22H19ClN4O5. The Balaban J connectivity index is 1.50. The number of nitrogens with one attached hydrogen (secondary N) is 2. The number of amides is 4. The quantitative estimate of drug-likeness (QED) is 0.685. The highest BCUT2D eigenvalue weighted by Crippen LogP contribution is 2.36. The number of nitrogens with zero attached hydrogens (tertiary/aromatic N) is 2. The third kappa shape index (κ3) is 3.92. The van der Waals surface area contributed by atoms with E-state index in [4.69, 9.17) is 26.3 Å². The predicted molar refractivity (Wildman–Crippen MR) is 114 cm³/mol. The van der Waals surface area contributed by atoms with Crippen molar-refractivity contribution in [3.05, 3.63) is 52.5 Å². The van der Waals surface area contributed by atoms with Gasteiger partial charge in [0.15, 0.2) is 11.5 Å². The van der Waals surface area contributed by atoms with E-state index in [1.165, 1.54) is 18.2 Å². The number of hydrogen-bond acceptors (Lipinski definition) is 6.